The number of rotatable bonds is 7. The second kappa shape index (κ2) is 15.0. The average Bonchev–Trinajstić information content (AvgIpc) is 3.59. The number of aromatic nitrogens is 4. The molecule has 3 fully saturated rings. The largest absolute Gasteiger partial charge is 0.351 e. The maximum absolute atomic E-state index is 13.6. The molecule has 6 rings (SSSR count). The lowest BCUT2D eigenvalue weighted by molar-refractivity contribution is 0.216. The minimum atomic E-state index is -0.791. The number of hydrogen-bond donors (Lipinski definition) is 3. The van der Waals surface area contributed by atoms with Gasteiger partial charge in [0.25, 0.3) is 0 Å². The summed E-state index contributed by atoms with van der Waals surface area (Å²) < 4.78 is 29.2. The molecule has 0 amide bonds. The highest BCUT2D eigenvalue weighted by molar-refractivity contribution is 5.86. The molecule has 0 atom stereocenters. The third kappa shape index (κ3) is 7.90. The Bertz CT molecular complexity index is 1260. The lowest BCUT2D eigenvalue weighted by Crippen LogP contribution is -2.39. The van der Waals surface area contributed by atoms with Crippen molar-refractivity contribution in [2.45, 2.75) is 88.8 Å². The number of fused-ring (bicyclic) bond motifs is 1. The van der Waals surface area contributed by atoms with E-state index in [0.29, 0.717) is 30.0 Å². The van der Waals surface area contributed by atoms with Gasteiger partial charge in [0.05, 0.1) is 6.33 Å². The molecule has 0 radical (unpaired) electrons. The lowest BCUT2D eigenvalue weighted by Gasteiger charge is -2.32. The lowest BCUT2D eigenvalue weighted by atomic mass is 9.90. The fourth-order valence-corrected chi connectivity index (χ4v) is 6.35. The van der Waals surface area contributed by atoms with Crippen molar-refractivity contribution in [3.8, 4) is 0 Å². The molecule has 8 nitrogen and oxygen atoms in total. The van der Waals surface area contributed by atoms with Gasteiger partial charge >= 0.3 is 0 Å². The molecule has 4 N–H and O–H groups in total. The fourth-order valence-electron chi connectivity index (χ4n) is 6.35. The molecule has 0 bridgehead atoms. The van der Waals surface area contributed by atoms with Crippen molar-refractivity contribution in [2.24, 2.45) is 11.7 Å². The van der Waals surface area contributed by atoms with Gasteiger partial charge in [0, 0.05) is 31.2 Å². The fraction of sp³-hybridized carbons (Fsp3) is 0.607. The van der Waals surface area contributed by atoms with Gasteiger partial charge in [-0.15, -0.1) is 37.2 Å². The number of hydrazine groups is 1. The number of piperidine rings is 1. The molecule has 1 aliphatic heterocycles. The van der Waals surface area contributed by atoms with E-state index >= 15 is 0 Å². The van der Waals surface area contributed by atoms with Crippen LogP contribution in [-0.4, -0.2) is 49.7 Å². The minimum absolute atomic E-state index is 0. The molecule has 0 unspecified atom stereocenters. The van der Waals surface area contributed by atoms with Crippen molar-refractivity contribution < 1.29 is 8.78 Å². The van der Waals surface area contributed by atoms with Crippen LogP contribution in [0.4, 0.5) is 20.5 Å². The first-order chi connectivity index (χ1) is 18.5. The number of benzene rings is 1. The van der Waals surface area contributed by atoms with Crippen molar-refractivity contribution in [1.82, 2.24) is 24.5 Å². The van der Waals surface area contributed by atoms with Crippen LogP contribution in [0.25, 0.3) is 11.2 Å². The van der Waals surface area contributed by atoms with Crippen LogP contribution in [0.2, 0.25) is 0 Å². The number of nitrogens with two attached hydrogens (primary N) is 1. The summed E-state index contributed by atoms with van der Waals surface area (Å²) in [5.74, 6) is 0.251. The molecular formula is C28H41Cl3F2N8. The van der Waals surface area contributed by atoms with Crippen molar-refractivity contribution in [1.29, 1.82) is 0 Å². The Labute approximate surface area is 258 Å². The summed E-state index contributed by atoms with van der Waals surface area (Å²) in [5.41, 5.74) is 12.2. The van der Waals surface area contributed by atoms with E-state index in [0.717, 1.165) is 93.4 Å². The maximum atomic E-state index is 13.6. The number of nitrogens with one attached hydrogen (secondary N) is 2. The van der Waals surface area contributed by atoms with Gasteiger partial charge in [0.15, 0.2) is 28.6 Å². The quantitative estimate of drug-likeness (QED) is 0.275. The Balaban J connectivity index is 0.00000154. The number of nitrogens with zero attached hydrogens (tertiary/aromatic N) is 5. The standard InChI is InChI=1S/C28H38F2N8.3ClH/c29-23-10-5-19(16-24(23)30)15-18-11-13-37(14-12-18)36-26-25-27(38(17-32-25)22-3-1-2-4-22)35-28(34-26)33-21-8-6-20(31)7-9-21;;;/h5,10,16-18,20-22H,1-4,6-9,11-15,31H2,(H2,33,34,35,36);3*1H/t20-,21-;;;. The van der Waals surface area contributed by atoms with Crippen LogP contribution in [0, 0.1) is 17.6 Å². The van der Waals surface area contributed by atoms with E-state index in [2.05, 4.69) is 20.3 Å². The van der Waals surface area contributed by atoms with E-state index in [1.807, 2.05) is 6.33 Å². The molecule has 3 heterocycles. The van der Waals surface area contributed by atoms with Crippen LogP contribution in [0.15, 0.2) is 24.5 Å². The highest BCUT2D eigenvalue weighted by atomic mass is 35.5. The highest BCUT2D eigenvalue weighted by Gasteiger charge is 2.26. The molecule has 1 aromatic carbocycles. The van der Waals surface area contributed by atoms with E-state index in [4.69, 9.17) is 20.7 Å². The van der Waals surface area contributed by atoms with Gasteiger partial charge in [-0.3, -0.25) is 0 Å². The topological polar surface area (TPSA) is 96.9 Å². The normalized spacial score (nSPS) is 22.0. The SMILES string of the molecule is Cl.Cl.Cl.N[C@H]1CC[C@H](Nc2nc(NN3CCC(Cc4ccc(F)c(F)c4)CC3)c3ncn(C4CCCC4)c3n2)CC1. The van der Waals surface area contributed by atoms with Gasteiger partial charge in [-0.1, -0.05) is 18.9 Å². The Morgan fingerprint density at radius 1 is 0.878 bits per heavy atom. The summed E-state index contributed by atoms with van der Waals surface area (Å²) in [6, 6.07) is 5.30. The number of imidazole rings is 1. The highest BCUT2D eigenvalue weighted by Crippen LogP contribution is 2.34. The molecule has 2 saturated carbocycles. The predicted octanol–water partition coefficient (Wildman–Crippen LogP) is 6.45. The third-order valence-electron chi connectivity index (χ3n) is 8.63. The van der Waals surface area contributed by atoms with Gasteiger partial charge in [-0.2, -0.15) is 9.97 Å². The van der Waals surface area contributed by atoms with E-state index in [1.54, 1.807) is 6.07 Å². The average molecular weight is 634 g/mol. The molecule has 1 saturated heterocycles. The monoisotopic (exact) mass is 632 g/mol. The first-order valence-corrected chi connectivity index (χ1v) is 14.2. The molecule has 228 valence electrons. The van der Waals surface area contributed by atoms with E-state index in [-0.39, 0.29) is 37.2 Å². The van der Waals surface area contributed by atoms with Crippen LogP contribution in [0.3, 0.4) is 0 Å². The first-order valence-electron chi connectivity index (χ1n) is 14.2. The van der Waals surface area contributed by atoms with E-state index in [9.17, 15) is 8.78 Å². The van der Waals surface area contributed by atoms with E-state index < -0.39 is 11.6 Å². The van der Waals surface area contributed by atoms with Crippen LogP contribution < -0.4 is 16.5 Å². The zero-order valence-corrected chi connectivity index (χ0v) is 25.6. The van der Waals surface area contributed by atoms with Crippen molar-refractivity contribution in [2.75, 3.05) is 23.8 Å². The van der Waals surface area contributed by atoms with Crippen LogP contribution >= 0.6 is 37.2 Å². The van der Waals surface area contributed by atoms with Crippen LogP contribution in [-0.2, 0) is 6.42 Å². The van der Waals surface area contributed by atoms with Gasteiger partial charge in [0.2, 0.25) is 5.95 Å². The van der Waals surface area contributed by atoms with Gasteiger partial charge in [-0.25, -0.2) is 18.8 Å². The van der Waals surface area contributed by atoms with Crippen LogP contribution in [0.5, 0.6) is 0 Å². The second-order valence-corrected chi connectivity index (χ2v) is 11.4. The predicted molar refractivity (Wildman–Crippen MR) is 166 cm³/mol. The summed E-state index contributed by atoms with van der Waals surface area (Å²) in [7, 11) is 0. The molecule has 3 aliphatic rings. The Kier molecular flexibility index (Phi) is 12.2. The number of halogens is 5. The molecule has 0 spiro atoms. The van der Waals surface area contributed by atoms with Crippen molar-refractivity contribution in [3.05, 3.63) is 41.7 Å². The van der Waals surface area contributed by atoms with Crippen LogP contribution in [0.1, 0.15) is 75.8 Å². The zero-order chi connectivity index (χ0) is 26.1. The number of anilines is 2. The van der Waals surface area contributed by atoms with Gasteiger partial charge < -0.3 is 21.0 Å². The van der Waals surface area contributed by atoms with E-state index in [1.165, 1.54) is 25.0 Å². The first kappa shape index (κ1) is 33.5. The molecule has 3 aromatic rings. The van der Waals surface area contributed by atoms with Gasteiger partial charge in [-0.05, 0) is 81.4 Å². The molecule has 2 aromatic heterocycles. The molecular weight excluding hydrogens is 593 g/mol. The van der Waals surface area contributed by atoms with Crippen molar-refractivity contribution >= 4 is 60.2 Å². The van der Waals surface area contributed by atoms with Gasteiger partial charge in [0.1, 0.15) is 0 Å². The smallest absolute Gasteiger partial charge is 0.227 e. The molecule has 2 aliphatic carbocycles. The summed E-state index contributed by atoms with van der Waals surface area (Å²) in [4.78, 5) is 14.6. The Hall–Kier alpha value is -1.98. The maximum Gasteiger partial charge on any atom is 0.227 e. The molecule has 41 heavy (non-hydrogen) atoms. The summed E-state index contributed by atoms with van der Waals surface area (Å²) in [6.07, 6.45) is 13.5. The summed E-state index contributed by atoms with van der Waals surface area (Å²) >= 11 is 0. The Morgan fingerprint density at radius 2 is 1.59 bits per heavy atom. The van der Waals surface area contributed by atoms with Crippen molar-refractivity contribution in [3.63, 3.8) is 0 Å². The molecule has 13 heteroatoms. The minimum Gasteiger partial charge on any atom is -0.351 e. The summed E-state index contributed by atoms with van der Waals surface area (Å²) in [5, 5.41) is 5.78. The zero-order valence-electron chi connectivity index (χ0n) is 23.1. The Morgan fingerprint density at radius 3 is 2.27 bits per heavy atom. The third-order valence-corrected chi connectivity index (χ3v) is 8.63. The summed E-state index contributed by atoms with van der Waals surface area (Å²) in [6.45, 7) is 1.68. The second-order valence-electron chi connectivity index (χ2n) is 11.4. The number of hydrogen-bond acceptors (Lipinski definition) is 7.